The molecule has 1 aliphatic rings. The molecule has 26 heavy (non-hydrogen) atoms. The molecule has 1 N–H and O–H groups in total. The summed E-state index contributed by atoms with van der Waals surface area (Å²) >= 11 is 0. The fraction of sp³-hybridized carbons (Fsp3) is 0.579. The Labute approximate surface area is 154 Å². The number of carbonyl (C=O) groups is 2. The molecule has 1 aromatic carbocycles. The van der Waals surface area contributed by atoms with Crippen LogP contribution >= 0.6 is 0 Å². The molecule has 7 heteroatoms. The highest BCUT2D eigenvalue weighted by Crippen LogP contribution is 2.21. The molecule has 1 aromatic rings. The van der Waals surface area contributed by atoms with Gasteiger partial charge in [-0.2, -0.15) is 0 Å². The summed E-state index contributed by atoms with van der Waals surface area (Å²) in [5.41, 5.74) is -0.360. The van der Waals surface area contributed by atoms with E-state index in [1.54, 1.807) is 30.7 Å². The van der Waals surface area contributed by atoms with E-state index in [0.29, 0.717) is 19.8 Å². The maximum Gasteiger partial charge on any atom is 0.336 e. The number of amides is 2. The van der Waals surface area contributed by atoms with Gasteiger partial charge in [0.05, 0.1) is 12.6 Å². The van der Waals surface area contributed by atoms with Crippen LogP contribution in [0, 0.1) is 0 Å². The highest BCUT2D eigenvalue weighted by molar-refractivity contribution is 5.77. The number of carboxylic acid groups (broad SMARTS) is 1. The number of carbonyl (C=O) groups excluding carboxylic acids is 1. The number of benzene rings is 1. The van der Waals surface area contributed by atoms with E-state index in [2.05, 4.69) is 0 Å². The first-order valence-electron chi connectivity index (χ1n) is 8.84. The number of ether oxygens (including phenoxy) is 2. The Balaban J connectivity index is 1.86. The largest absolute Gasteiger partial charge is 0.494 e. The van der Waals surface area contributed by atoms with E-state index in [1.165, 1.54) is 0 Å². The standard InChI is InChI=1S/C19H28N2O5/c1-5-26-19(2,17(22)23)12-14-6-8-16(9-7-14)25-11-10-15-13-20(3)18(24)21(15)4/h6-9,15H,5,10-13H2,1-4H3,(H,22,23)/t15-,19-/m0/s1. The third-order valence-electron chi connectivity index (χ3n) is 4.76. The lowest BCUT2D eigenvalue weighted by Crippen LogP contribution is -2.40. The van der Waals surface area contributed by atoms with E-state index < -0.39 is 11.6 Å². The molecule has 0 aromatic heterocycles. The lowest BCUT2D eigenvalue weighted by Gasteiger charge is -2.24. The lowest BCUT2D eigenvalue weighted by atomic mass is 9.96. The molecular formula is C19H28N2O5. The Hall–Kier alpha value is -2.28. The minimum Gasteiger partial charge on any atom is -0.494 e. The van der Waals surface area contributed by atoms with E-state index in [9.17, 15) is 14.7 Å². The topological polar surface area (TPSA) is 79.3 Å². The van der Waals surface area contributed by atoms with Crippen LogP contribution in [0.5, 0.6) is 5.75 Å². The van der Waals surface area contributed by atoms with Gasteiger partial charge in [-0.15, -0.1) is 0 Å². The summed E-state index contributed by atoms with van der Waals surface area (Å²) in [6, 6.07) is 7.57. The smallest absolute Gasteiger partial charge is 0.336 e. The van der Waals surface area contributed by atoms with Gasteiger partial charge < -0.3 is 24.4 Å². The first-order valence-corrected chi connectivity index (χ1v) is 8.84. The third kappa shape index (κ3) is 4.66. The molecule has 2 amide bonds. The molecule has 2 atom stereocenters. The zero-order chi connectivity index (χ0) is 19.3. The molecule has 0 radical (unpaired) electrons. The van der Waals surface area contributed by atoms with Crippen LogP contribution in [0.3, 0.4) is 0 Å². The summed E-state index contributed by atoms with van der Waals surface area (Å²) in [4.78, 5) is 26.6. The zero-order valence-electron chi connectivity index (χ0n) is 15.9. The second-order valence-corrected chi connectivity index (χ2v) is 6.85. The molecule has 1 saturated heterocycles. The summed E-state index contributed by atoms with van der Waals surface area (Å²) in [6.07, 6.45) is 1.05. The molecule has 0 saturated carbocycles. The van der Waals surface area contributed by atoms with Crippen molar-refractivity contribution < 1.29 is 24.2 Å². The van der Waals surface area contributed by atoms with E-state index >= 15 is 0 Å². The fourth-order valence-electron chi connectivity index (χ4n) is 3.14. The van der Waals surface area contributed by atoms with Crippen LogP contribution in [0.25, 0.3) is 0 Å². The average molecular weight is 364 g/mol. The molecular weight excluding hydrogens is 336 g/mol. The van der Waals surface area contributed by atoms with Gasteiger partial charge in [0, 0.05) is 40.1 Å². The maximum absolute atomic E-state index is 11.8. The van der Waals surface area contributed by atoms with E-state index in [0.717, 1.165) is 17.7 Å². The fourth-order valence-corrected chi connectivity index (χ4v) is 3.14. The van der Waals surface area contributed by atoms with Crippen molar-refractivity contribution in [2.45, 2.75) is 38.3 Å². The van der Waals surface area contributed by atoms with Crippen LogP contribution in [0.2, 0.25) is 0 Å². The Bertz CT molecular complexity index is 633. The molecule has 1 aliphatic heterocycles. The molecule has 1 fully saturated rings. The Kier molecular flexibility index (Phi) is 6.47. The van der Waals surface area contributed by atoms with Gasteiger partial charge in [0.1, 0.15) is 5.75 Å². The van der Waals surface area contributed by atoms with Crippen LogP contribution in [-0.2, 0) is 16.0 Å². The van der Waals surface area contributed by atoms with Crippen LogP contribution < -0.4 is 4.74 Å². The maximum atomic E-state index is 11.8. The minimum atomic E-state index is -1.23. The van der Waals surface area contributed by atoms with Crippen LogP contribution in [0.15, 0.2) is 24.3 Å². The van der Waals surface area contributed by atoms with Crippen molar-refractivity contribution in [2.75, 3.05) is 33.9 Å². The highest BCUT2D eigenvalue weighted by Gasteiger charge is 2.34. The predicted molar refractivity (Wildman–Crippen MR) is 97.5 cm³/mol. The number of likely N-dealkylation sites (N-methyl/N-ethyl adjacent to an activating group) is 2. The predicted octanol–water partition coefficient (Wildman–Crippen LogP) is 2.24. The van der Waals surface area contributed by atoms with Crippen LogP contribution in [0.4, 0.5) is 4.79 Å². The van der Waals surface area contributed by atoms with Gasteiger partial charge in [0.25, 0.3) is 0 Å². The molecule has 1 heterocycles. The molecule has 0 bridgehead atoms. The number of aliphatic carboxylic acids is 1. The highest BCUT2D eigenvalue weighted by atomic mass is 16.5. The van der Waals surface area contributed by atoms with Crippen molar-refractivity contribution in [3.63, 3.8) is 0 Å². The summed E-state index contributed by atoms with van der Waals surface area (Å²) in [5.74, 6) is -0.248. The Morgan fingerprint density at radius 3 is 2.46 bits per heavy atom. The number of rotatable bonds is 9. The summed E-state index contributed by atoms with van der Waals surface area (Å²) < 4.78 is 11.2. The molecule has 0 aliphatic carbocycles. The molecule has 144 valence electrons. The van der Waals surface area contributed by atoms with Gasteiger partial charge in [-0.25, -0.2) is 9.59 Å². The van der Waals surface area contributed by atoms with Crippen molar-refractivity contribution in [3.8, 4) is 5.75 Å². The SMILES string of the molecule is CCO[C@@](C)(Cc1ccc(OCC[C@H]2CN(C)C(=O)N2C)cc1)C(=O)O. The van der Waals surface area contributed by atoms with Crippen LogP contribution in [-0.4, -0.2) is 72.4 Å². The monoisotopic (exact) mass is 364 g/mol. The Morgan fingerprint density at radius 1 is 1.31 bits per heavy atom. The molecule has 7 nitrogen and oxygen atoms in total. The number of urea groups is 1. The second-order valence-electron chi connectivity index (χ2n) is 6.85. The minimum absolute atomic E-state index is 0.0372. The van der Waals surface area contributed by atoms with Gasteiger partial charge in [-0.05, 0) is 31.5 Å². The lowest BCUT2D eigenvalue weighted by molar-refractivity contribution is -0.162. The second kappa shape index (κ2) is 8.40. The average Bonchev–Trinajstić information content (AvgIpc) is 2.83. The van der Waals surface area contributed by atoms with Crippen molar-refractivity contribution in [2.24, 2.45) is 0 Å². The van der Waals surface area contributed by atoms with Gasteiger partial charge in [-0.3, -0.25) is 0 Å². The Morgan fingerprint density at radius 2 is 1.96 bits per heavy atom. The van der Waals surface area contributed by atoms with E-state index in [-0.39, 0.29) is 18.5 Å². The summed E-state index contributed by atoms with van der Waals surface area (Å²) in [5, 5.41) is 9.38. The number of hydrogen-bond donors (Lipinski definition) is 1. The number of carboxylic acids is 1. The van der Waals surface area contributed by atoms with E-state index in [1.807, 2.05) is 31.3 Å². The first kappa shape index (κ1) is 20.0. The third-order valence-corrected chi connectivity index (χ3v) is 4.76. The van der Waals surface area contributed by atoms with Crippen molar-refractivity contribution in [1.82, 2.24) is 9.80 Å². The number of hydrogen-bond acceptors (Lipinski definition) is 4. The van der Waals surface area contributed by atoms with Crippen molar-refractivity contribution in [3.05, 3.63) is 29.8 Å². The molecule has 0 spiro atoms. The van der Waals surface area contributed by atoms with Gasteiger partial charge in [0.15, 0.2) is 5.60 Å². The summed E-state index contributed by atoms with van der Waals surface area (Å²) in [6.45, 7) is 4.94. The zero-order valence-corrected chi connectivity index (χ0v) is 15.9. The van der Waals surface area contributed by atoms with E-state index in [4.69, 9.17) is 9.47 Å². The first-order chi connectivity index (χ1) is 12.3. The van der Waals surface area contributed by atoms with Gasteiger partial charge >= 0.3 is 12.0 Å². The number of nitrogens with zero attached hydrogens (tertiary/aromatic N) is 2. The summed E-state index contributed by atoms with van der Waals surface area (Å²) in [7, 11) is 3.61. The molecule has 2 rings (SSSR count). The van der Waals surface area contributed by atoms with Gasteiger partial charge in [0.2, 0.25) is 0 Å². The van der Waals surface area contributed by atoms with Crippen LogP contribution in [0.1, 0.15) is 25.8 Å². The van der Waals surface area contributed by atoms with Crippen molar-refractivity contribution in [1.29, 1.82) is 0 Å². The van der Waals surface area contributed by atoms with Crippen molar-refractivity contribution >= 4 is 12.0 Å². The normalized spacial score (nSPS) is 19.5. The van der Waals surface area contributed by atoms with Gasteiger partial charge in [-0.1, -0.05) is 12.1 Å². The molecule has 0 unspecified atom stereocenters. The quantitative estimate of drug-likeness (QED) is 0.727.